The number of amides is 3. The average Bonchev–Trinajstić information content (AvgIpc) is 2.37. The quantitative estimate of drug-likeness (QED) is 0.698. The minimum absolute atomic E-state index is 0.0492. The molecule has 3 N–H and O–H groups in total. The standard InChI is InChI=1S/C15H27N3O2/c1-11(2)16-15(20)17-14(19)10-18-8-7-12-5-3-4-6-13(12)9-18/h11-13H,3-10H2,1-2H3,(H2,16,17,19,20)/p+1/t12-,13-/m1/s1. The van der Waals surface area contributed by atoms with Gasteiger partial charge in [-0.25, -0.2) is 4.79 Å². The second-order valence-electron chi connectivity index (χ2n) is 6.65. The van der Waals surface area contributed by atoms with E-state index in [1.807, 2.05) is 13.8 Å². The first-order valence-corrected chi connectivity index (χ1v) is 7.98. The van der Waals surface area contributed by atoms with Crippen molar-refractivity contribution < 1.29 is 14.5 Å². The van der Waals surface area contributed by atoms with Crippen molar-refractivity contribution in [3.63, 3.8) is 0 Å². The van der Waals surface area contributed by atoms with Crippen LogP contribution in [0.5, 0.6) is 0 Å². The van der Waals surface area contributed by atoms with E-state index in [0.29, 0.717) is 6.54 Å². The predicted octanol–water partition coefficient (Wildman–Crippen LogP) is 0.316. The van der Waals surface area contributed by atoms with E-state index in [2.05, 4.69) is 10.6 Å². The highest BCUT2D eigenvalue weighted by atomic mass is 16.2. The van der Waals surface area contributed by atoms with Gasteiger partial charge in [-0.1, -0.05) is 12.8 Å². The van der Waals surface area contributed by atoms with Gasteiger partial charge in [-0.3, -0.25) is 10.1 Å². The summed E-state index contributed by atoms with van der Waals surface area (Å²) in [6, 6.07) is -0.329. The minimum Gasteiger partial charge on any atom is -0.336 e. The van der Waals surface area contributed by atoms with E-state index in [-0.39, 0.29) is 18.0 Å². The van der Waals surface area contributed by atoms with E-state index in [1.54, 1.807) is 0 Å². The zero-order valence-electron chi connectivity index (χ0n) is 12.7. The van der Waals surface area contributed by atoms with E-state index in [0.717, 1.165) is 24.9 Å². The number of nitrogens with one attached hydrogen (secondary N) is 3. The Morgan fingerprint density at radius 1 is 1.15 bits per heavy atom. The Bertz CT molecular complexity index is 357. The van der Waals surface area contributed by atoms with Crippen molar-refractivity contribution in [2.24, 2.45) is 11.8 Å². The molecule has 0 aromatic carbocycles. The number of hydrogen-bond acceptors (Lipinski definition) is 2. The number of imide groups is 1. The summed E-state index contributed by atoms with van der Waals surface area (Å²) in [5, 5.41) is 5.10. The molecule has 1 saturated carbocycles. The van der Waals surface area contributed by atoms with Crippen molar-refractivity contribution in [2.45, 2.75) is 52.0 Å². The molecule has 0 radical (unpaired) electrons. The van der Waals surface area contributed by atoms with Crippen LogP contribution >= 0.6 is 0 Å². The van der Waals surface area contributed by atoms with Crippen molar-refractivity contribution in [1.82, 2.24) is 10.6 Å². The fourth-order valence-corrected chi connectivity index (χ4v) is 3.65. The van der Waals surface area contributed by atoms with Crippen molar-refractivity contribution >= 4 is 11.9 Å². The Hall–Kier alpha value is -1.10. The molecule has 0 aromatic heterocycles. The number of likely N-dealkylation sites (tertiary alicyclic amines) is 1. The van der Waals surface area contributed by atoms with Crippen LogP contribution in [-0.2, 0) is 4.79 Å². The lowest BCUT2D eigenvalue weighted by atomic mass is 9.75. The molecule has 0 bridgehead atoms. The molecule has 1 aliphatic carbocycles. The molecule has 114 valence electrons. The number of carbonyl (C=O) groups excluding carboxylic acids is 2. The molecule has 2 fully saturated rings. The summed E-state index contributed by atoms with van der Waals surface area (Å²) in [4.78, 5) is 24.7. The summed E-state index contributed by atoms with van der Waals surface area (Å²) in [6.45, 7) is 6.35. The van der Waals surface area contributed by atoms with E-state index in [1.165, 1.54) is 37.0 Å². The third-order valence-electron chi connectivity index (χ3n) is 4.57. The third kappa shape index (κ3) is 4.47. The number of quaternary nitrogens is 1. The summed E-state index contributed by atoms with van der Waals surface area (Å²) in [5.41, 5.74) is 0. The van der Waals surface area contributed by atoms with E-state index < -0.39 is 0 Å². The topological polar surface area (TPSA) is 62.6 Å². The van der Waals surface area contributed by atoms with Gasteiger partial charge in [0.15, 0.2) is 6.54 Å². The lowest BCUT2D eigenvalue weighted by Crippen LogP contribution is -3.15. The lowest BCUT2D eigenvalue weighted by Gasteiger charge is -2.38. The molecular weight excluding hydrogens is 254 g/mol. The van der Waals surface area contributed by atoms with Gasteiger partial charge in [0, 0.05) is 12.0 Å². The van der Waals surface area contributed by atoms with Crippen LogP contribution in [0, 0.1) is 11.8 Å². The molecule has 2 aliphatic rings. The van der Waals surface area contributed by atoms with Crippen LogP contribution in [0.1, 0.15) is 46.0 Å². The zero-order chi connectivity index (χ0) is 14.5. The minimum atomic E-state index is -0.378. The number of urea groups is 1. The summed E-state index contributed by atoms with van der Waals surface area (Å²) in [5.74, 6) is 1.53. The molecule has 3 amide bonds. The Morgan fingerprint density at radius 3 is 2.55 bits per heavy atom. The number of rotatable bonds is 3. The molecule has 20 heavy (non-hydrogen) atoms. The molecule has 1 heterocycles. The molecule has 3 atom stereocenters. The smallest absolute Gasteiger partial charge is 0.321 e. The fourth-order valence-electron chi connectivity index (χ4n) is 3.65. The first-order valence-electron chi connectivity index (χ1n) is 7.98. The van der Waals surface area contributed by atoms with Gasteiger partial charge in [0.2, 0.25) is 0 Å². The molecule has 1 unspecified atom stereocenters. The van der Waals surface area contributed by atoms with Crippen molar-refractivity contribution in [3.8, 4) is 0 Å². The Kier molecular flexibility index (Phi) is 5.40. The van der Waals surface area contributed by atoms with Gasteiger partial charge >= 0.3 is 6.03 Å². The third-order valence-corrected chi connectivity index (χ3v) is 4.57. The monoisotopic (exact) mass is 282 g/mol. The summed E-state index contributed by atoms with van der Waals surface area (Å²) < 4.78 is 0. The van der Waals surface area contributed by atoms with Gasteiger partial charge in [-0.05, 0) is 39.0 Å². The van der Waals surface area contributed by atoms with Gasteiger partial charge in [0.25, 0.3) is 5.91 Å². The lowest BCUT2D eigenvalue weighted by molar-refractivity contribution is -0.902. The Balaban J connectivity index is 1.73. The predicted molar refractivity (Wildman–Crippen MR) is 77.4 cm³/mol. The molecule has 5 heteroatoms. The van der Waals surface area contributed by atoms with Crippen LogP contribution < -0.4 is 15.5 Å². The van der Waals surface area contributed by atoms with Gasteiger partial charge in [-0.15, -0.1) is 0 Å². The Morgan fingerprint density at radius 2 is 1.85 bits per heavy atom. The van der Waals surface area contributed by atoms with E-state index in [4.69, 9.17) is 0 Å². The van der Waals surface area contributed by atoms with E-state index >= 15 is 0 Å². The molecule has 0 spiro atoms. The van der Waals surface area contributed by atoms with Crippen molar-refractivity contribution in [1.29, 1.82) is 0 Å². The van der Waals surface area contributed by atoms with Crippen LogP contribution in [0.3, 0.4) is 0 Å². The van der Waals surface area contributed by atoms with Crippen LogP contribution in [0.25, 0.3) is 0 Å². The van der Waals surface area contributed by atoms with Crippen molar-refractivity contribution in [2.75, 3.05) is 19.6 Å². The number of hydrogen-bond donors (Lipinski definition) is 3. The molecule has 1 saturated heterocycles. The van der Waals surface area contributed by atoms with Crippen LogP contribution in [0.4, 0.5) is 4.79 Å². The summed E-state index contributed by atoms with van der Waals surface area (Å²) >= 11 is 0. The second kappa shape index (κ2) is 7.07. The molecule has 1 aliphatic heterocycles. The SMILES string of the molecule is CC(C)NC(=O)NC(=O)C[NH+]1CC[C@H]2CCCC[C@@H]2C1. The Labute approximate surface area is 121 Å². The zero-order valence-corrected chi connectivity index (χ0v) is 12.7. The van der Waals surface area contributed by atoms with Crippen LogP contribution in [-0.4, -0.2) is 37.6 Å². The average molecular weight is 282 g/mol. The fraction of sp³-hybridized carbons (Fsp3) is 0.867. The maximum absolute atomic E-state index is 11.9. The number of fused-ring (bicyclic) bond motifs is 1. The molecule has 2 rings (SSSR count). The second-order valence-corrected chi connectivity index (χ2v) is 6.65. The highest BCUT2D eigenvalue weighted by Crippen LogP contribution is 2.32. The highest BCUT2D eigenvalue weighted by Gasteiger charge is 2.34. The maximum atomic E-state index is 11.9. The van der Waals surface area contributed by atoms with Gasteiger partial charge < -0.3 is 10.2 Å². The maximum Gasteiger partial charge on any atom is 0.321 e. The van der Waals surface area contributed by atoms with E-state index in [9.17, 15) is 9.59 Å². The van der Waals surface area contributed by atoms with Gasteiger partial charge in [-0.2, -0.15) is 0 Å². The molecule has 0 aromatic rings. The van der Waals surface area contributed by atoms with Crippen LogP contribution in [0.2, 0.25) is 0 Å². The van der Waals surface area contributed by atoms with Crippen molar-refractivity contribution in [3.05, 3.63) is 0 Å². The number of carbonyl (C=O) groups is 2. The summed E-state index contributed by atoms with van der Waals surface area (Å²) in [7, 11) is 0. The first-order chi connectivity index (χ1) is 9.54. The van der Waals surface area contributed by atoms with Gasteiger partial charge in [0.1, 0.15) is 0 Å². The summed E-state index contributed by atoms with van der Waals surface area (Å²) in [6.07, 6.45) is 6.67. The normalized spacial score (nSPS) is 29.6. The molecule has 5 nitrogen and oxygen atoms in total. The highest BCUT2D eigenvalue weighted by molar-refractivity contribution is 5.94. The van der Waals surface area contributed by atoms with Gasteiger partial charge in [0.05, 0.1) is 13.1 Å². The number of piperidine rings is 1. The van der Waals surface area contributed by atoms with Crippen LogP contribution in [0.15, 0.2) is 0 Å². The first kappa shape index (κ1) is 15.3. The largest absolute Gasteiger partial charge is 0.336 e. The molecular formula is C15H28N3O2+.